The van der Waals surface area contributed by atoms with E-state index >= 15 is 0 Å². The van der Waals surface area contributed by atoms with Crippen molar-refractivity contribution in [1.29, 1.82) is 0 Å². The van der Waals surface area contributed by atoms with Gasteiger partial charge in [-0.25, -0.2) is 0 Å². The zero-order valence-electron chi connectivity index (χ0n) is 19.5. The number of ether oxygens (including phenoxy) is 3. The zero-order valence-corrected chi connectivity index (χ0v) is 19.5. The normalized spacial score (nSPS) is 17.6. The third kappa shape index (κ3) is 5.37. The summed E-state index contributed by atoms with van der Waals surface area (Å²) in [5, 5.41) is 11.3. The standard InChI is InChI=1S/C26H31NO6/c1-5-32-19-11-8-10-18(16-19)24(28)22-23(20-12-6-7-13-21(20)33-17(2)3)27(14-9-15-31-4)26(30)25(22)29/h6-8,10-13,16-17,23,28H,5,9,14-15H2,1-4H3/b24-22-. The molecule has 2 aromatic rings. The highest BCUT2D eigenvalue weighted by atomic mass is 16.5. The van der Waals surface area contributed by atoms with Crippen LogP contribution in [0.3, 0.4) is 0 Å². The van der Waals surface area contributed by atoms with E-state index < -0.39 is 17.7 Å². The van der Waals surface area contributed by atoms with Gasteiger partial charge in [0.15, 0.2) is 0 Å². The van der Waals surface area contributed by atoms with E-state index in [0.717, 1.165) is 0 Å². The molecule has 2 aromatic carbocycles. The van der Waals surface area contributed by atoms with Crippen LogP contribution in [0.25, 0.3) is 5.76 Å². The molecule has 0 aliphatic carbocycles. The number of carbonyl (C=O) groups excluding carboxylic acids is 2. The highest BCUT2D eigenvalue weighted by molar-refractivity contribution is 6.46. The Bertz CT molecular complexity index is 1030. The number of nitrogens with zero attached hydrogens (tertiary/aromatic N) is 1. The zero-order chi connectivity index (χ0) is 24.0. The Morgan fingerprint density at radius 1 is 1.12 bits per heavy atom. The minimum Gasteiger partial charge on any atom is -0.507 e. The molecule has 1 saturated heterocycles. The van der Waals surface area contributed by atoms with Crippen molar-refractivity contribution in [3.8, 4) is 11.5 Å². The highest BCUT2D eigenvalue weighted by Crippen LogP contribution is 2.43. The molecule has 176 valence electrons. The Kier molecular flexibility index (Phi) is 8.11. The van der Waals surface area contributed by atoms with E-state index in [4.69, 9.17) is 14.2 Å². The number of aliphatic hydroxyl groups is 1. The van der Waals surface area contributed by atoms with Crippen molar-refractivity contribution in [2.75, 3.05) is 26.9 Å². The Labute approximate surface area is 194 Å². The lowest BCUT2D eigenvalue weighted by Crippen LogP contribution is -2.31. The molecule has 3 rings (SSSR count). The second-order valence-corrected chi connectivity index (χ2v) is 8.00. The summed E-state index contributed by atoms with van der Waals surface area (Å²) in [6, 6.07) is 13.4. The van der Waals surface area contributed by atoms with E-state index in [9.17, 15) is 14.7 Å². The van der Waals surface area contributed by atoms with Crippen LogP contribution in [0, 0.1) is 0 Å². The molecular weight excluding hydrogens is 422 g/mol. The van der Waals surface area contributed by atoms with Crippen LogP contribution in [-0.4, -0.2) is 54.7 Å². The Morgan fingerprint density at radius 3 is 2.58 bits per heavy atom. The number of Topliss-reactive ketones (excluding diaryl/α,β-unsaturated/α-hetero) is 1. The van der Waals surface area contributed by atoms with Crippen LogP contribution in [0.1, 0.15) is 44.4 Å². The van der Waals surface area contributed by atoms with Crippen molar-refractivity contribution in [2.45, 2.75) is 39.3 Å². The maximum absolute atomic E-state index is 13.2. The fourth-order valence-corrected chi connectivity index (χ4v) is 3.94. The molecule has 33 heavy (non-hydrogen) atoms. The summed E-state index contributed by atoms with van der Waals surface area (Å²) in [7, 11) is 1.59. The van der Waals surface area contributed by atoms with Gasteiger partial charge in [0.1, 0.15) is 17.3 Å². The number of likely N-dealkylation sites (tertiary alicyclic amines) is 1. The SMILES string of the molecule is CCOc1cccc(/C(O)=C2/C(=O)C(=O)N(CCCOC)C2c2ccccc2OC(C)C)c1. The number of aliphatic hydroxyl groups excluding tert-OH is 1. The summed E-state index contributed by atoms with van der Waals surface area (Å²) in [5.74, 6) is -0.497. The molecule has 1 aliphatic rings. The Balaban J connectivity index is 2.17. The van der Waals surface area contributed by atoms with E-state index in [0.29, 0.717) is 48.8 Å². The Hall–Kier alpha value is -3.32. The van der Waals surface area contributed by atoms with Crippen LogP contribution < -0.4 is 9.47 Å². The summed E-state index contributed by atoms with van der Waals surface area (Å²) in [4.78, 5) is 27.7. The van der Waals surface area contributed by atoms with Crippen molar-refractivity contribution >= 4 is 17.4 Å². The van der Waals surface area contributed by atoms with Gasteiger partial charge in [0.2, 0.25) is 0 Å². The number of ketones is 1. The second kappa shape index (κ2) is 11.0. The molecule has 7 nitrogen and oxygen atoms in total. The first-order chi connectivity index (χ1) is 15.9. The van der Waals surface area contributed by atoms with Gasteiger partial charge < -0.3 is 24.2 Å². The first kappa shape index (κ1) is 24.3. The average molecular weight is 454 g/mol. The van der Waals surface area contributed by atoms with Crippen molar-refractivity contribution in [3.05, 3.63) is 65.2 Å². The molecule has 1 fully saturated rings. The molecular formula is C26H31NO6. The molecule has 1 N–H and O–H groups in total. The quantitative estimate of drug-likeness (QED) is 0.249. The molecule has 0 saturated carbocycles. The van der Waals surface area contributed by atoms with Crippen LogP contribution in [0.2, 0.25) is 0 Å². The number of carbonyl (C=O) groups is 2. The van der Waals surface area contributed by atoms with Gasteiger partial charge in [0, 0.05) is 31.4 Å². The molecule has 0 aromatic heterocycles. The molecule has 1 heterocycles. The predicted molar refractivity (Wildman–Crippen MR) is 125 cm³/mol. The Morgan fingerprint density at radius 2 is 1.88 bits per heavy atom. The number of benzene rings is 2. The summed E-state index contributed by atoms with van der Waals surface area (Å²) in [6.45, 7) is 6.89. The number of hydrogen-bond acceptors (Lipinski definition) is 6. The van der Waals surface area contributed by atoms with Crippen molar-refractivity contribution in [3.63, 3.8) is 0 Å². The summed E-state index contributed by atoms with van der Waals surface area (Å²) in [6.07, 6.45) is 0.442. The number of methoxy groups -OCH3 is 1. The van der Waals surface area contributed by atoms with Crippen LogP contribution in [0.4, 0.5) is 0 Å². The lowest BCUT2D eigenvalue weighted by atomic mass is 9.94. The van der Waals surface area contributed by atoms with Crippen molar-refractivity contribution < 1.29 is 28.9 Å². The van der Waals surface area contributed by atoms with E-state index in [-0.39, 0.29) is 17.4 Å². The van der Waals surface area contributed by atoms with Gasteiger partial charge in [-0.05, 0) is 45.4 Å². The maximum atomic E-state index is 13.2. The highest BCUT2D eigenvalue weighted by Gasteiger charge is 2.46. The molecule has 1 atom stereocenters. The number of rotatable bonds is 10. The maximum Gasteiger partial charge on any atom is 0.295 e. The summed E-state index contributed by atoms with van der Waals surface area (Å²) < 4.78 is 16.7. The molecule has 0 spiro atoms. The van der Waals surface area contributed by atoms with E-state index in [1.807, 2.05) is 39.0 Å². The fourth-order valence-electron chi connectivity index (χ4n) is 3.94. The molecule has 0 bridgehead atoms. The second-order valence-electron chi connectivity index (χ2n) is 8.00. The summed E-state index contributed by atoms with van der Waals surface area (Å²) >= 11 is 0. The van der Waals surface area contributed by atoms with Gasteiger partial charge in [-0.1, -0.05) is 30.3 Å². The largest absolute Gasteiger partial charge is 0.507 e. The molecule has 7 heteroatoms. The third-order valence-corrected chi connectivity index (χ3v) is 5.28. The lowest BCUT2D eigenvalue weighted by Gasteiger charge is -2.27. The first-order valence-electron chi connectivity index (χ1n) is 11.1. The smallest absolute Gasteiger partial charge is 0.295 e. The third-order valence-electron chi connectivity index (χ3n) is 5.28. The van der Waals surface area contributed by atoms with E-state index in [1.54, 1.807) is 37.4 Å². The van der Waals surface area contributed by atoms with Crippen molar-refractivity contribution in [2.24, 2.45) is 0 Å². The van der Waals surface area contributed by atoms with Crippen LogP contribution in [0.15, 0.2) is 54.1 Å². The fraction of sp³-hybridized carbons (Fsp3) is 0.385. The minimum absolute atomic E-state index is 0.0332. The predicted octanol–water partition coefficient (Wildman–Crippen LogP) is 4.33. The molecule has 1 amide bonds. The van der Waals surface area contributed by atoms with Gasteiger partial charge in [0.05, 0.1) is 24.3 Å². The van der Waals surface area contributed by atoms with Crippen LogP contribution in [0.5, 0.6) is 11.5 Å². The van der Waals surface area contributed by atoms with Gasteiger partial charge in [0.25, 0.3) is 11.7 Å². The van der Waals surface area contributed by atoms with E-state index in [1.165, 1.54) is 4.90 Å². The molecule has 1 unspecified atom stereocenters. The van der Waals surface area contributed by atoms with E-state index in [2.05, 4.69) is 0 Å². The monoisotopic (exact) mass is 453 g/mol. The van der Waals surface area contributed by atoms with Crippen LogP contribution in [-0.2, 0) is 14.3 Å². The number of amides is 1. The van der Waals surface area contributed by atoms with Gasteiger partial charge in [-0.2, -0.15) is 0 Å². The lowest BCUT2D eigenvalue weighted by molar-refractivity contribution is -0.140. The van der Waals surface area contributed by atoms with Crippen molar-refractivity contribution in [1.82, 2.24) is 4.90 Å². The van der Waals surface area contributed by atoms with Gasteiger partial charge in [-0.3, -0.25) is 9.59 Å². The minimum atomic E-state index is -0.785. The van der Waals surface area contributed by atoms with Crippen LogP contribution >= 0.6 is 0 Å². The van der Waals surface area contributed by atoms with Gasteiger partial charge in [-0.15, -0.1) is 0 Å². The topological polar surface area (TPSA) is 85.3 Å². The average Bonchev–Trinajstić information content (AvgIpc) is 3.04. The molecule has 1 aliphatic heterocycles. The number of para-hydroxylation sites is 1. The van der Waals surface area contributed by atoms with Gasteiger partial charge >= 0.3 is 0 Å². The number of hydrogen-bond donors (Lipinski definition) is 1. The first-order valence-corrected chi connectivity index (χ1v) is 11.1. The molecule has 0 radical (unpaired) electrons. The summed E-state index contributed by atoms with van der Waals surface area (Å²) in [5.41, 5.74) is 1.08.